The second-order valence-electron chi connectivity index (χ2n) is 6.85. The minimum absolute atomic E-state index is 0.133. The number of fused-ring (bicyclic) bond motifs is 1. The maximum absolute atomic E-state index is 12.7. The zero-order valence-corrected chi connectivity index (χ0v) is 14.4. The molecule has 0 aliphatic carbocycles. The average molecular weight is 315 g/mol. The lowest BCUT2D eigenvalue weighted by Gasteiger charge is -2.38. The molecule has 0 N–H and O–H groups in total. The van der Waals surface area contributed by atoms with Gasteiger partial charge in [-0.05, 0) is 45.1 Å². The highest BCUT2D eigenvalue weighted by Crippen LogP contribution is 2.23. The Labute approximate surface area is 136 Å². The first-order valence-corrected chi connectivity index (χ1v) is 8.45. The number of aromatic nitrogens is 4. The molecule has 0 bridgehead atoms. The van der Waals surface area contributed by atoms with Crippen molar-refractivity contribution in [2.45, 2.75) is 59.4 Å². The second kappa shape index (κ2) is 6.26. The molecular weight excluding hydrogens is 290 g/mol. The van der Waals surface area contributed by atoms with Crippen molar-refractivity contribution in [3.05, 3.63) is 23.3 Å². The molecule has 2 aromatic heterocycles. The van der Waals surface area contributed by atoms with Crippen LogP contribution >= 0.6 is 0 Å². The largest absolute Gasteiger partial charge is 0.339 e. The summed E-state index contributed by atoms with van der Waals surface area (Å²) in [4.78, 5) is 23.6. The number of piperidine rings is 1. The van der Waals surface area contributed by atoms with E-state index in [1.165, 1.54) is 6.42 Å². The zero-order valence-electron chi connectivity index (χ0n) is 14.4. The Morgan fingerprint density at radius 1 is 1.30 bits per heavy atom. The van der Waals surface area contributed by atoms with Gasteiger partial charge >= 0.3 is 0 Å². The van der Waals surface area contributed by atoms with E-state index < -0.39 is 0 Å². The number of rotatable bonds is 3. The standard InChI is InChI=1S/C17H25N5O/c1-11(2)14-7-5-6-8-21(14)16(23)10-15-19-17-18-12(3)9-13(4)22(17)20-15/h9,11,14H,5-8,10H2,1-4H3/t14-/m1/s1. The third-order valence-electron chi connectivity index (χ3n) is 4.61. The molecule has 1 aliphatic rings. The first kappa shape index (κ1) is 15.9. The Hall–Kier alpha value is -1.98. The van der Waals surface area contributed by atoms with E-state index in [2.05, 4.69) is 28.9 Å². The molecule has 6 heteroatoms. The fourth-order valence-corrected chi connectivity index (χ4v) is 3.48. The molecule has 1 aliphatic heterocycles. The molecule has 1 fully saturated rings. The van der Waals surface area contributed by atoms with Crippen LogP contribution in [0.5, 0.6) is 0 Å². The van der Waals surface area contributed by atoms with E-state index in [4.69, 9.17) is 0 Å². The maximum Gasteiger partial charge on any atom is 0.252 e. The average Bonchev–Trinajstić information content (AvgIpc) is 2.89. The Kier molecular flexibility index (Phi) is 4.33. The molecule has 0 unspecified atom stereocenters. The van der Waals surface area contributed by atoms with Gasteiger partial charge in [-0.15, -0.1) is 5.10 Å². The van der Waals surface area contributed by atoms with Gasteiger partial charge in [0.2, 0.25) is 5.91 Å². The monoisotopic (exact) mass is 315 g/mol. The number of nitrogens with zero attached hydrogens (tertiary/aromatic N) is 5. The van der Waals surface area contributed by atoms with Crippen molar-refractivity contribution < 1.29 is 4.79 Å². The minimum Gasteiger partial charge on any atom is -0.339 e. The van der Waals surface area contributed by atoms with E-state index in [1.807, 2.05) is 24.8 Å². The molecule has 1 amide bonds. The van der Waals surface area contributed by atoms with Crippen molar-refractivity contribution in [2.75, 3.05) is 6.54 Å². The number of aryl methyl sites for hydroxylation is 2. The summed E-state index contributed by atoms with van der Waals surface area (Å²) < 4.78 is 1.71. The van der Waals surface area contributed by atoms with Crippen LogP contribution in [-0.2, 0) is 11.2 Å². The van der Waals surface area contributed by atoms with E-state index in [0.29, 0.717) is 23.6 Å². The van der Waals surface area contributed by atoms with Gasteiger partial charge in [0.25, 0.3) is 5.78 Å². The van der Waals surface area contributed by atoms with Crippen molar-refractivity contribution in [1.82, 2.24) is 24.5 Å². The third-order valence-corrected chi connectivity index (χ3v) is 4.61. The molecule has 2 aromatic rings. The Bertz CT molecular complexity index is 721. The van der Waals surface area contributed by atoms with Crippen LogP contribution in [0.1, 0.15) is 50.3 Å². The van der Waals surface area contributed by atoms with Crippen LogP contribution in [0.15, 0.2) is 6.07 Å². The smallest absolute Gasteiger partial charge is 0.252 e. The third kappa shape index (κ3) is 3.21. The molecule has 0 aromatic carbocycles. The van der Waals surface area contributed by atoms with Gasteiger partial charge in [0.15, 0.2) is 5.82 Å². The fourth-order valence-electron chi connectivity index (χ4n) is 3.48. The number of carbonyl (C=O) groups excluding carboxylic acids is 1. The normalized spacial score (nSPS) is 18.8. The summed E-state index contributed by atoms with van der Waals surface area (Å²) in [5, 5.41) is 4.45. The summed E-state index contributed by atoms with van der Waals surface area (Å²) in [5.74, 6) is 1.75. The molecule has 3 heterocycles. The van der Waals surface area contributed by atoms with E-state index in [-0.39, 0.29) is 12.3 Å². The second-order valence-corrected chi connectivity index (χ2v) is 6.85. The molecule has 3 rings (SSSR count). The Morgan fingerprint density at radius 3 is 2.83 bits per heavy atom. The first-order chi connectivity index (χ1) is 11.0. The zero-order chi connectivity index (χ0) is 16.6. The van der Waals surface area contributed by atoms with Gasteiger partial charge in [-0.2, -0.15) is 4.98 Å². The number of amides is 1. The van der Waals surface area contributed by atoms with Gasteiger partial charge in [-0.1, -0.05) is 13.8 Å². The van der Waals surface area contributed by atoms with Crippen LogP contribution < -0.4 is 0 Å². The Morgan fingerprint density at radius 2 is 2.09 bits per heavy atom. The SMILES string of the molecule is Cc1cc(C)n2nc(CC(=O)N3CCCC[C@@H]3C(C)C)nc2n1. The molecular formula is C17H25N5O. The molecule has 0 radical (unpaired) electrons. The molecule has 0 saturated carbocycles. The minimum atomic E-state index is 0.133. The van der Waals surface area contributed by atoms with Crippen molar-refractivity contribution >= 4 is 11.7 Å². The predicted molar refractivity (Wildman–Crippen MR) is 88.2 cm³/mol. The molecule has 1 saturated heterocycles. The number of hydrogen-bond acceptors (Lipinski definition) is 4. The van der Waals surface area contributed by atoms with Gasteiger partial charge in [0, 0.05) is 24.0 Å². The summed E-state index contributed by atoms with van der Waals surface area (Å²) in [7, 11) is 0. The van der Waals surface area contributed by atoms with Crippen molar-refractivity contribution in [3.8, 4) is 0 Å². The molecule has 23 heavy (non-hydrogen) atoms. The highest BCUT2D eigenvalue weighted by Gasteiger charge is 2.29. The number of carbonyl (C=O) groups is 1. The number of hydrogen-bond donors (Lipinski definition) is 0. The lowest BCUT2D eigenvalue weighted by Crippen LogP contribution is -2.47. The maximum atomic E-state index is 12.7. The molecule has 0 spiro atoms. The van der Waals surface area contributed by atoms with Crippen LogP contribution in [0, 0.1) is 19.8 Å². The molecule has 6 nitrogen and oxygen atoms in total. The van der Waals surface area contributed by atoms with Gasteiger partial charge in [0.05, 0.1) is 6.42 Å². The van der Waals surface area contributed by atoms with Crippen LogP contribution in [0.25, 0.3) is 5.78 Å². The van der Waals surface area contributed by atoms with Crippen LogP contribution in [0.2, 0.25) is 0 Å². The van der Waals surface area contributed by atoms with Crippen molar-refractivity contribution in [2.24, 2.45) is 5.92 Å². The van der Waals surface area contributed by atoms with Gasteiger partial charge in [-0.25, -0.2) is 9.50 Å². The van der Waals surface area contributed by atoms with Crippen LogP contribution in [0.3, 0.4) is 0 Å². The summed E-state index contributed by atoms with van der Waals surface area (Å²) >= 11 is 0. The fraction of sp³-hybridized carbons (Fsp3) is 0.647. The highest BCUT2D eigenvalue weighted by atomic mass is 16.2. The van der Waals surface area contributed by atoms with E-state index in [0.717, 1.165) is 30.8 Å². The molecule has 1 atom stereocenters. The van der Waals surface area contributed by atoms with Crippen LogP contribution in [-0.4, -0.2) is 43.0 Å². The highest BCUT2D eigenvalue weighted by molar-refractivity contribution is 5.78. The lowest BCUT2D eigenvalue weighted by molar-refractivity contribution is -0.135. The lowest BCUT2D eigenvalue weighted by atomic mass is 9.92. The summed E-state index contributed by atoms with van der Waals surface area (Å²) in [6.45, 7) is 9.14. The summed E-state index contributed by atoms with van der Waals surface area (Å²) in [6.07, 6.45) is 3.65. The van der Waals surface area contributed by atoms with Crippen molar-refractivity contribution in [1.29, 1.82) is 0 Å². The quantitative estimate of drug-likeness (QED) is 0.872. The molecule has 124 valence electrons. The van der Waals surface area contributed by atoms with Crippen molar-refractivity contribution in [3.63, 3.8) is 0 Å². The van der Waals surface area contributed by atoms with E-state index >= 15 is 0 Å². The predicted octanol–water partition coefficient (Wildman–Crippen LogP) is 2.32. The van der Waals surface area contributed by atoms with Gasteiger partial charge in [-0.3, -0.25) is 4.79 Å². The van der Waals surface area contributed by atoms with Crippen LogP contribution in [0.4, 0.5) is 0 Å². The first-order valence-electron chi connectivity index (χ1n) is 8.45. The summed E-state index contributed by atoms with van der Waals surface area (Å²) in [6, 6.07) is 2.31. The topological polar surface area (TPSA) is 63.4 Å². The van der Waals surface area contributed by atoms with E-state index in [1.54, 1.807) is 4.52 Å². The van der Waals surface area contributed by atoms with Gasteiger partial charge < -0.3 is 4.90 Å². The van der Waals surface area contributed by atoms with E-state index in [9.17, 15) is 4.79 Å². The Balaban J connectivity index is 1.80. The summed E-state index contributed by atoms with van der Waals surface area (Å²) in [5.41, 5.74) is 1.90. The van der Waals surface area contributed by atoms with Gasteiger partial charge in [0.1, 0.15) is 0 Å². The number of likely N-dealkylation sites (tertiary alicyclic amines) is 1.